The van der Waals surface area contributed by atoms with E-state index >= 15 is 0 Å². The summed E-state index contributed by atoms with van der Waals surface area (Å²) >= 11 is 6.13. The van der Waals surface area contributed by atoms with Crippen molar-refractivity contribution >= 4 is 33.2 Å². The van der Waals surface area contributed by atoms with E-state index in [9.17, 15) is 23.3 Å². The minimum absolute atomic E-state index is 0.0441. The molecule has 0 spiro atoms. The van der Waals surface area contributed by atoms with Gasteiger partial charge in [-0.25, -0.2) is 8.42 Å². The van der Waals surface area contributed by atoms with Crippen LogP contribution in [-0.2, 0) is 16.6 Å². The Kier molecular flexibility index (Phi) is 7.30. The highest BCUT2D eigenvalue weighted by Gasteiger charge is 2.26. The molecule has 0 aliphatic carbocycles. The zero-order chi connectivity index (χ0) is 22.6. The van der Waals surface area contributed by atoms with E-state index in [1.807, 2.05) is 0 Å². The molecule has 0 saturated carbocycles. The average molecular weight is 466 g/mol. The van der Waals surface area contributed by atoms with Gasteiger partial charge in [0.2, 0.25) is 10.0 Å². The maximum atomic E-state index is 13.0. The number of hydrogen-bond acceptors (Lipinski definition) is 5. The molecular formula is C21H24ClN3O5S. The van der Waals surface area contributed by atoms with Crippen molar-refractivity contribution in [1.82, 2.24) is 9.21 Å². The Morgan fingerprint density at radius 1 is 1.13 bits per heavy atom. The van der Waals surface area contributed by atoms with Crippen LogP contribution in [0.4, 0.5) is 5.69 Å². The number of sulfonamides is 1. The Bertz CT molecular complexity index is 1080. The minimum atomic E-state index is -3.68. The highest BCUT2D eigenvalue weighted by Crippen LogP contribution is 2.25. The van der Waals surface area contributed by atoms with Gasteiger partial charge in [0.25, 0.3) is 11.6 Å². The molecule has 0 atom stereocenters. The van der Waals surface area contributed by atoms with Gasteiger partial charge in [-0.2, -0.15) is 4.31 Å². The molecule has 0 unspecified atom stereocenters. The summed E-state index contributed by atoms with van der Waals surface area (Å²) in [4.78, 5) is 24.8. The fourth-order valence-electron chi connectivity index (χ4n) is 3.56. The Hall–Kier alpha value is -2.49. The van der Waals surface area contributed by atoms with Crippen molar-refractivity contribution in [3.63, 3.8) is 0 Å². The van der Waals surface area contributed by atoms with E-state index in [1.165, 1.54) is 46.6 Å². The summed E-state index contributed by atoms with van der Waals surface area (Å²) in [5, 5.41) is 11.3. The number of carbonyl (C=O) groups excluding carboxylic acids is 1. The van der Waals surface area contributed by atoms with Crippen LogP contribution in [0.15, 0.2) is 47.4 Å². The fraction of sp³-hybridized carbons (Fsp3) is 0.381. The first-order valence-corrected chi connectivity index (χ1v) is 11.8. The molecule has 1 fully saturated rings. The van der Waals surface area contributed by atoms with Gasteiger partial charge in [-0.3, -0.25) is 14.9 Å². The zero-order valence-electron chi connectivity index (χ0n) is 17.2. The number of carbonyl (C=O) groups is 1. The first kappa shape index (κ1) is 23.2. The number of rotatable bonds is 6. The lowest BCUT2D eigenvalue weighted by molar-refractivity contribution is -0.384. The molecule has 1 aliphatic heterocycles. The van der Waals surface area contributed by atoms with Gasteiger partial charge in [-0.1, -0.05) is 30.5 Å². The van der Waals surface area contributed by atoms with Crippen LogP contribution in [-0.4, -0.2) is 48.6 Å². The standard InChI is InChI=1S/C21H24ClN3O5S/c1-23(15-17-13-18(25(27)28)9-10-20(17)22)21(26)16-7-6-8-19(14-16)31(29,30)24-11-4-2-3-5-12-24/h6-10,13-14H,2-5,11-12,15H2,1H3. The fourth-order valence-corrected chi connectivity index (χ4v) is 5.31. The number of amides is 1. The maximum Gasteiger partial charge on any atom is 0.269 e. The molecule has 0 aromatic heterocycles. The van der Waals surface area contributed by atoms with E-state index in [2.05, 4.69) is 0 Å². The Morgan fingerprint density at radius 2 is 1.81 bits per heavy atom. The Morgan fingerprint density at radius 3 is 2.45 bits per heavy atom. The van der Waals surface area contributed by atoms with Crippen LogP contribution in [0.5, 0.6) is 0 Å². The van der Waals surface area contributed by atoms with Crippen LogP contribution in [0, 0.1) is 10.1 Å². The van der Waals surface area contributed by atoms with Crippen molar-refractivity contribution in [1.29, 1.82) is 0 Å². The average Bonchev–Trinajstić information content (AvgIpc) is 3.05. The number of hydrogen-bond donors (Lipinski definition) is 0. The molecule has 1 heterocycles. The maximum absolute atomic E-state index is 13.0. The van der Waals surface area contributed by atoms with Crippen molar-refractivity contribution in [3.05, 3.63) is 68.7 Å². The number of nitro benzene ring substituents is 1. The summed E-state index contributed by atoms with van der Waals surface area (Å²) in [5.74, 6) is -0.407. The smallest absolute Gasteiger partial charge is 0.269 e. The van der Waals surface area contributed by atoms with Crippen LogP contribution < -0.4 is 0 Å². The zero-order valence-corrected chi connectivity index (χ0v) is 18.7. The molecule has 8 nitrogen and oxygen atoms in total. The molecule has 1 saturated heterocycles. The molecule has 10 heteroatoms. The van der Waals surface area contributed by atoms with E-state index in [0.717, 1.165) is 25.7 Å². The number of nitrogens with zero attached hydrogens (tertiary/aromatic N) is 3. The molecule has 1 aliphatic rings. The van der Waals surface area contributed by atoms with Gasteiger partial charge in [0.05, 0.1) is 9.82 Å². The first-order valence-electron chi connectivity index (χ1n) is 9.98. The van der Waals surface area contributed by atoms with E-state index < -0.39 is 20.9 Å². The summed E-state index contributed by atoms with van der Waals surface area (Å²) in [6.45, 7) is 1.000. The van der Waals surface area contributed by atoms with Gasteiger partial charge in [0, 0.05) is 49.4 Å². The summed E-state index contributed by atoms with van der Waals surface area (Å²) < 4.78 is 27.6. The Labute approximate surface area is 186 Å². The molecule has 3 rings (SSSR count). The third kappa shape index (κ3) is 5.41. The third-order valence-corrected chi connectivity index (χ3v) is 7.54. The van der Waals surface area contributed by atoms with Gasteiger partial charge < -0.3 is 4.90 Å². The van der Waals surface area contributed by atoms with E-state index in [4.69, 9.17) is 11.6 Å². The van der Waals surface area contributed by atoms with Crippen molar-refractivity contribution in [2.24, 2.45) is 0 Å². The molecule has 1 amide bonds. The number of nitro groups is 1. The molecule has 31 heavy (non-hydrogen) atoms. The van der Waals surface area contributed by atoms with Gasteiger partial charge in [-0.05, 0) is 42.7 Å². The van der Waals surface area contributed by atoms with Crippen molar-refractivity contribution in [2.75, 3.05) is 20.1 Å². The lowest BCUT2D eigenvalue weighted by Crippen LogP contribution is -2.32. The summed E-state index contributed by atoms with van der Waals surface area (Å²) in [7, 11) is -2.15. The van der Waals surface area contributed by atoms with Gasteiger partial charge in [-0.15, -0.1) is 0 Å². The van der Waals surface area contributed by atoms with E-state index in [1.54, 1.807) is 12.1 Å². The largest absolute Gasteiger partial charge is 0.337 e. The highest BCUT2D eigenvalue weighted by molar-refractivity contribution is 7.89. The number of benzene rings is 2. The quantitative estimate of drug-likeness (QED) is 0.472. The van der Waals surface area contributed by atoms with Crippen LogP contribution in [0.1, 0.15) is 41.6 Å². The molecule has 166 valence electrons. The molecule has 2 aromatic rings. The lowest BCUT2D eigenvalue weighted by atomic mass is 10.1. The van der Waals surface area contributed by atoms with Crippen LogP contribution >= 0.6 is 11.6 Å². The van der Waals surface area contributed by atoms with E-state index in [0.29, 0.717) is 23.7 Å². The normalized spacial score (nSPS) is 15.3. The molecule has 0 radical (unpaired) electrons. The first-order chi connectivity index (χ1) is 14.7. The topological polar surface area (TPSA) is 101 Å². The minimum Gasteiger partial charge on any atom is -0.337 e. The Balaban J connectivity index is 1.81. The van der Waals surface area contributed by atoms with E-state index in [-0.39, 0.29) is 22.7 Å². The second kappa shape index (κ2) is 9.76. The SMILES string of the molecule is CN(Cc1cc([N+](=O)[O-])ccc1Cl)C(=O)c1cccc(S(=O)(=O)N2CCCCCC2)c1. The molecule has 2 aromatic carbocycles. The van der Waals surface area contributed by atoms with Crippen LogP contribution in [0.3, 0.4) is 0 Å². The van der Waals surface area contributed by atoms with Crippen molar-refractivity contribution in [3.8, 4) is 0 Å². The number of halogens is 1. The second-order valence-corrected chi connectivity index (χ2v) is 9.89. The predicted molar refractivity (Wildman–Crippen MR) is 118 cm³/mol. The summed E-state index contributed by atoms with van der Waals surface area (Å²) in [6, 6.07) is 10.0. The predicted octanol–water partition coefficient (Wildman–Crippen LogP) is 4.09. The number of non-ortho nitro benzene ring substituents is 1. The van der Waals surface area contributed by atoms with Crippen molar-refractivity contribution < 1.29 is 18.1 Å². The second-order valence-electron chi connectivity index (χ2n) is 7.54. The summed E-state index contributed by atoms with van der Waals surface area (Å²) in [5.41, 5.74) is 0.533. The van der Waals surface area contributed by atoms with Crippen molar-refractivity contribution in [2.45, 2.75) is 37.1 Å². The van der Waals surface area contributed by atoms with Gasteiger partial charge in [0.1, 0.15) is 0 Å². The molecule has 0 bridgehead atoms. The summed E-state index contributed by atoms with van der Waals surface area (Å²) in [6.07, 6.45) is 3.67. The van der Waals surface area contributed by atoms with Gasteiger partial charge in [0.15, 0.2) is 0 Å². The van der Waals surface area contributed by atoms with Crippen LogP contribution in [0.2, 0.25) is 5.02 Å². The molecule has 0 N–H and O–H groups in total. The highest BCUT2D eigenvalue weighted by atomic mass is 35.5. The van der Waals surface area contributed by atoms with Crippen LogP contribution in [0.25, 0.3) is 0 Å². The van der Waals surface area contributed by atoms with Gasteiger partial charge >= 0.3 is 0 Å². The third-order valence-electron chi connectivity index (χ3n) is 5.28. The molecular weight excluding hydrogens is 442 g/mol. The monoisotopic (exact) mass is 465 g/mol. The lowest BCUT2D eigenvalue weighted by Gasteiger charge is -2.21.